The van der Waals surface area contributed by atoms with Crippen molar-refractivity contribution in [2.75, 3.05) is 6.54 Å². The van der Waals surface area contributed by atoms with Crippen molar-refractivity contribution in [2.24, 2.45) is 0 Å². The van der Waals surface area contributed by atoms with Crippen LogP contribution in [0.4, 0.5) is 0 Å². The summed E-state index contributed by atoms with van der Waals surface area (Å²) in [5.41, 5.74) is 3.32. The molecule has 0 fully saturated rings. The molecular formula is C18H20N2O. The molecule has 0 saturated carbocycles. The molecule has 21 heavy (non-hydrogen) atoms. The van der Waals surface area contributed by atoms with Crippen LogP contribution >= 0.6 is 0 Å². The number of nitrogens with one attached hydrogen (secondary N) is 1. The molecule has 3 rings (SSSR count). The van der Waals surface area contributed by atoms with Crippen LogP contribution in [-0.2, 0) is 0 Å². The van der Waals surface area contributed by atoms with Gasteiger partial charge >= 0.3 is 0 Å². The minimum atomic E-state index is 0.0692. The van der Waals surface area contributed by atoms with Crippen LogP contribution in [0.1, 0.15) is 36.3 Å². The van der Waals surface area contributed by atoms with Crippen molar-refractivity contribution in [1.82, 2.24) is 10.3 Å². The maximum atomic E-state index is 6.13. The summed E-state index contributed by atoms with van der Waals surface area (Å²) in [6, 6.07) is 12.5. The van der Waals surface area contributed by atoms with E-state index in [1.807, 2.05) is 24.5 Å². The van der Waals surface area contributed by atoms with E-state index in [2.05, 4.69) is 48.4 Å². The number of fused-ring (bicyclic) bond motifs is 1. The van der Waals surface area contributed by atoms with Gasteiger partial charge in [-0.05, 0) is 49.2 Å². The summed E-state index contributed by atoms with van der Waals surface area (Å²) < 4.78 is 6.13. The predicted molar refractivity (Wildman–Crippen MR) is 85.3 cm³/mol. The van der Waals surface area contributed by atoms with Crippen molar-refractivity contribution >= 4 is 11.0 Å². The van der Waals surface area contributed by atoms with Crippen LogP contribution in [0.5, 0.6) is 0 Å². The Labute approximate surface area is 125 Å². The fourth-order valence-corrected chi connectivity index (χ4v) is 2.60. The molecule has 1 unspecified atom stereocenters. The fraction of sp³-hybridized carbons (Fsp3) is 0.278. The third-order valence-electron chi connectivity index (χ3n) is 3.68. The molecule has 3 heteroatoms. The molecule has 0 bridgehead atoms. The summed E-state index contributed by atoms with van der Waals surface area (Å²) in [4.78, 5) is 4.10. The Bertz CT molecular complexity index is 718. The first kappa shape index (κ1) is 13.8. The number of aromatic nitrogens is 1. The van der Waals surface area contributed by atoms with Gasteiger partial charge < -0.3 is 9.73 Å². The fourth-order valence-electron chi connectivity index (χ4n) is 2.60. The zero-order chi connectivity index (χ0) is 14.7. The van der Waals surface area contributed by atoms with E-state index in [-0.39, 0.29) is 6.04 Å². The first-order valence-corrected chi connectivity index (χ1v) is 7.42. The van der Waals surface area contributed by atoms with Crippen LogP contribution < -0.4 is 5.32 Å². The van der Waals surface area contributed by atoms with Crippen LogP contribution in [0.2, 0.25) is 0 Å². The Morgan fingerprint density at radius 1 is 1.19 bits per heavy atom. The number of hydrogen-bond donors (Lipinski definition) is 1. The second-order valence-corrected chi connectivity index (χ2v) is 5.31. The Balaban J connectivity index is 2.03. The summed E-state index contributed by atoms with van der Waals surface area (Å²) in [5, 5.41) is 4.72. The summed E-state index contributed by atoms with van der Waals surface area (Å²) in [5.74, 6) is 0.957. The third-order valence-corrected chi connectivity index (χ3v) is 3.68. The van der Waals surface area contributed by atoms with Gasteiger partial charge in [-0.2, -0.15) is 0 Å². The van der Waals surface area contributed by atoms with E-state index in [9.17, 15) is 0 Å². The molecule has 3 nitrogen and oxygen atoms in total. The summed E-state index contributed by atoms with van der Waals surface area (Å²) in [6.07, 6.45) is 4.73. The highest BCUT2D eigenvalue weighted by atomic mass is 16.3. The molecule has 0 saturated heterocycles. The van der Waals surface area contributed by atoms with E-state index in [0.717, 1.165) is 29.7 Å². The zero-order valence-electron chi connectivity index (χ0n) is 12.5. The molecule has 2 heterocycles. The highest BCUT2D eigenvalue weighted by molar-refractivity contribution is 5.81. The van der Waals surface area contributed by atoms with Gasteiger partial charge in [0.25, 0.3) is 0 Å². The van der Waals surface area contributed by atoms with Gasteiger partial charge in [0.05, 0.1) is 6.04 Å². The highest BCUT2D eigenvalue weighted by Gasteiger charge is 2.18. The van der Waals surface area contributed by atoms with Gasteiger partial charge in [0.1, 0.15) is 11.3 Å². The topological polar surface area (TPSA) is 38.1 Å². The minimum Gasteiger partial charge on any atom is -0.459 e. The van der Waals surface area contributed by atoms with Crippen molar-refractivity contribution < 1.29 is 4.42 Å². The van der Waals surface area contributed by atoms with Crippen LogP contribution in [0.25, 0.3) is 11.0 Å². The van der Waals surface area contributed by atoms with E-state index in [4.69, 9.17) is 4.42 Å². The minimum absolute atomic E-state index is 0.0692. The number of furan rings is 1. The van der Waals surface area contributed by atoms with Gasteiger partial charge in [0.15, 0.2) is 0 Å². The number of pyridine rings is 1. The quantitative estimate of drug-likeness (QED) is 0.760. The summed E-state index contributed by atoms with van der Waals surface area (Å²) in [7, 11) is 0. The SMILES string of the molecule is CCCNC(c1ccncc1)c1cc2cccc(C)c2o1. The van der Waals surface area contributed by atoms with Crippen LogP contribution in [0.15, 0.2) is 53.2 Å². The molecule has 0 aliphatic carbocycles. The molecule has 0 aliphatic rings. The normalized spacial score (nSPS) is 12.7. The lowest BCUT2D eigenvalue weighted by Gasteiger charge is -2.16. The second kappa shape index (κ2) is 6.10. The van der Waals surface area contributed by atoms with E-state index in [0.29, 0.717) is 0 Å². The van der Waals surface area contributed by atoms with E-state index < -0.39 is 0 Å². The Hall–Kier alpha value is -2.13. The molecule has 0 spiro atoms. The number of rotatable bonds is 5. The monoisotopic (exact) mass is 280 g/mol. The lowest BCUT2D eigenvalue weighted by molar-refractivity contribution is 0.468. The van der Waals surface area contributed by atoms with Crippen molar-refractivity contribution in [3.05, 3.63) is 65.7 Å². The maximum absolute atomic E-state index is 6.13. The number of para-hydroxylation sites is 1. The Morgan fingerprint density at radius 3 is 2.71 bits per heavy atom. The summed E-state index contributed by atoms with van der Waals surface area (Å²) in [6.45, 7) is 5.19. The van der Waals surface area contributed by atoms with E-state index >= 15 is 0 Å². The molecule has 1 N–H and O–H groups in total. The number of nitrogens with zero attached hydrogens (tertiary/aromatic N) is 1. The van der Waals surface area contributed by atoms with Gasteiger partial charge in [-0.1, -0.05) is 25.1 Å². The van der Waals surface area contributed by atoms with Gasteiger partial charge in [0, 0.05) is 17.8 Å². The van der Waals surface area contributed by atoms with Gasteiger partial charge in [-0.3, -0.25) is 4.98 Å². The molecule has 0 aliphatic heterocycles. The van der Waals surface area contributed by atoms with Crippen LogP contribution in [0, 0.1) is 6.92 Å². The summed E-state index contributed by atoms with van der Waals surface area (Å²) >= 11 is 0. The first-order chi connectivity index (χ1) is 10.3. The van der Waals surface area contributed by atoms with Crippen molar-refractivity contribution in [3.8, 4) is 0 Å². The number of aryl methyl sites for hydroxylation is 1. The maximum Gasteiger partial charge on any atom is 0.137 e. The van der Waals surface area contributed by atoms with Crippen molar-refractivity contribution in [3.63, 3.8) is 0 Å². The largest absolute Gasteiger partial charge is 0.459 e. The van der Waals surface area contributed by atoms with Crippen molar-refractivity contribution in [1.29, 1.82) is 0 Å². The van der Waals surface area contributed by atoms with Gasteiger partial charge in [-0.15, -0.1) is 0 Å². The first-order valence-electron chi connectivity index (χ1n) is 7.42. The van der Waals surface area contributed by atoms with E-state index in [1.54, 1.807) is 0 Å². The highest BCUT2D eigenvalue weighted by Crippen LogP contribution is 2.29. The average molecular weight is 280 g/mol. The molecule has 1 aromatic carbocycles. The van der Waals surface area contributed by atoms with Gasteiger partial charge in [-0.25, -0.2) is 0 Å². The number of hydrogen-bond acceptors (Lipinski definition) is 3. The van der Waals surface area contributed by atoms with Crippen LogP contribution in [0.3, 0.4) is 0 Å². The zero-order valence-corrected chi connectivity index (χ0v) is 12.5. The third kappa shape index (κ3) is 2.83. The molecule has 0 radical (unpaired) electrons. The Kier molecular flexibility index (Phi) is 4.02. The average Bonchev–Trinajstić information content (AvgIpc) is 2.94. The van der Waals surface area contributed by atoms with Crippen LogP contribution in [-0.4, -0.2) is 11.5 Å². The molecule has 2 aromatic heterocycles. The lowest BCUT2D eigenvalue weighted by atomic mass is 10.1. The predicted octanol–water partition coefficient (Wildman–Crippen LogP) is 4.23. The van der Waals surface area contributed by atoms with E-state index in [1.165, 1.54) is 11.1 Å². The number of benzene rings is 1. The standard InChI is InChI=1S/C18H20N2O/c1-3-9-20-17(14-7-10-19-11-8-14)16-12-15-6-4-5-13(2)18(15)21-16/h4-8,10-12,17,20H,3,9H2,1-2H3. The molecule has 3 aromatic rings. The molecule has 0 amide bonds. The molecular weight excluding hydrogens is 260 g/mol. The lowest BCUT2D eigenvalue weighted by Crippen LogP contribution is -2.22. The molecule has 1 atom stereocenters. The molecule has 108 valence electrons. The van der Waals surface area contributed by atoms with Gasteiger partial charge in [0.2, 0.25) is 0 Å². The Morgan fingerprint density at radius 2 is 2.00 bits per heavy atom. The van der Waals surface area contributed by atoms with Crippen molar-refractivity contribution in [2.45, 2.75) is 26.3 Å². The second-order valence-electron chi connectivity index (χ2n) is 5.31. The smallest absolute Gasteiger partial charge is 0.137 e.